The molecule has 0 aromatic carbocycles. The number of rotatable bonds is 8. The Balaban J connectivity index is 1.82. The zero-order chi connectivity index (χ0) is 17.5. The summed E-state index contributed by atoms with van der Waals surface area (Å²) in [5.74, 6) is 0.0435. The van der Waals surface area contributed by atoms with E-state index < -0.39 is 0 Å². The molecule has 1 aromatic heterocycles. The molecule has 7 nitrogen and oxygen atoms in total. The Morgan fingerprint density at radius 3 is 2.88 bits per heavy atom. The lowest BCUT2D eigenvalue weighted by Crippen LogP contribution is -2.32. The van der Waals surface area contributed by atoms with Crippen molar-refractivity contribution in [3.8, 4) is 0 Å². The molecule has 1 aromatic rings. The third-order valence-electron chi connectivity index (χ3n) is 3.94. The second-order valence-electron chi connectivity index (χ2n) is 6.76. The SMILES string of the molecule is CC(C)C[C@H](CNC(=O)c1ccn(C)n1)CC(=O)OC1CCOC1. The van der Waals surface area contributed by atoms with Crippen molar-refractivity contribution in [2.45, 2.75) is 39.2 Å². The fourth-order valence-electron chi connectivity index (χ4n) is 2.84. The minimum atomic E-state index is -0.220. The smallest absolute Gasteiger partial charge is 0.306 e. The van der Waals surface area contributed by atoms with E-state index in [0.717, 1.165) is 12.8 Å². The van der Waals surface area contributed by atoms with Crippen LogP contribution in [0.1, 0.15) is 43.6 Å². The molecule has 0 spiro atoms. The topological polar surface area (TPSA) is 82.5 Å². The van der Waals surface area contributed by atoms with Gasteiger partial charge in [0.15, 0.2) is 0 Å². The van der Waals surface area contributed by atoms with Gasteiger partial charge in [0.2, 0.25) is 0 Å². The molecule has 1 amide bonds. The van der Waals surface area contributed by atoms with Gasteiger partial charge in [0.1, 0.15) is 11.8 Å². The van der Waals surface area contributed by atoms with Crippen molar-refractivity contribution in [3.05, 3.63) is 18.0 Å². The van der Waals surface area contributed by atoms with Crippen LogP contribution in [0.5, 0.6) is 0 Å². The normalized spacial score (nSPS) is 18.6. The number of esters is 1. The van der Waals surface area contributed by atoms with Crippen molar-refractivity contribution < 1.29 is 19.1 Å². The van der Waals surface area contributed by atoms with Gasteiger partial charge in [0.25, 0.3) is 5.91 Å². The highest BCUT2D eigenvalue weighted by Crippen LogP contribution is 2.17. The number of aryl methyl sites for hydroxylation is 1. The molecular formula is C17H27N3O4. The van der Waals surface area contributed by atoms with Gasteiger partial charge < -0.3 is 14.8 Å². The maximum atomic E-state index is 12.1. The van der Waals surface area contributed by atoms with Gasteiger partial charge >= 0.3 is 5.97 Å². The highest BCUT2D eigenvalue weighted by Gasteiger charge is 2.23. The zero-order valence-electron chi connectivity index (χ0n) is 14.7. The monoisotopic (exact) mass is 337 g/mol. The number of hydrogen-bond donors (Lipinski definition) is 1. The zero-order valence-corrected chi connectivity index (χ0v) is 14.7. The molecule has 0 bridgehead atoms. The predicted octanol–water partition coefficient (Wildman–Crippen LogP) is 1.53. The highest BCUT2D eigenvalue weighted by molar-refractivity contribution is 5.92. The summed E-state index contributed by atoms with van der Waals surface area (Å²) in [6.45, 7) is 5.77. The fraction of sp³-hybridized carbons (Fsp3) is 0.706. The van der Waals surface area contributed by atoms with Gasteiger partial charge in [-0.05, 0) is 24.3 Å². The van der Waals surface area contributed by atoms with E-state index in [1.807, 2.05) is 0 Å². The molecule has 2 heterocycles. The lowest BCUT2D eigenvalue weighted by Gasteiger charge is -2.19. The number of carbonyl (C=O) groups is 2. The summed E-state index contributed by atoms with van der Waals surface area (Å²) in [5.41, 5.74) is 0.381. The lowest BCUT2D eigenvalue weighted by molar-refractivity contribution is -0.150. The van der Waals surface area contributed by atoms with E-state index in [-0.39, 0.29) is 23.9 Å². The molecule has 2 atom stereocenters. The van der Waals surface area contributed by atoms with Gasteiger partial charge in [-0.25, -0.2) is 0 Å². The molecule has 134 valence electrons. The van der Waals surface area contributed by atoms with Crippen molar-refractivity contribution >= 4 is 11.9 Å². The third kappa shape index (κ3) is 5.96. The molecule has 1 N–H and O–H groups in total. The molecule has 7 heteroatoms. The summed E-state index contributed by atoms with van der Waals surface area (Å²) in [5, 5.41) is 6.95. The van der Waals surface area contributed by atoms with Gasteiger partial charge in [-0.2, -0.15) is 5.10 Å². The van der Waals surface area contributed by atoms with Gasteiger partial charge in [0.05, 0.1) is 19.6 Å². The van der Waals surface area contributed by atoms with E-state index in [2.05, 4.69) is 24.3 Å². The van der Waals surface area contributed by atoms with Crippen LogP contribution in [0, 0.1) is 11.8 Å². The number of ether oxygens (including phenoxy) is 2. The lowest BCUT2D eigenvalue weighted by atomic mass is 9.94. The van der Waals surface area contributed by atoms with Crippen LogP contribution < -0.4 is 5.32 Å². The van der Waals surface area contributed by atoms with Gasteiger partial charge in [-0.15, -0.1) is 0 Å². The Morgan fingerprint density at radius 2 is 2.29 bits per heavy atom. The molecule has 1 saturated heterocycles. The molecule has 1 aliphatic heterocycles. The average Bonchev–Trinajstić information content (AvgIpc) is 3.15. The minimum Gasteiger partial charge on any atom is -0.460 e. The minimum absolute atomic E-state index is 0.0486. The predicted molar refractivity (Wildman–Crippen MR) is 88.4 cm³/mol. The Bertz CT molecular complexity index is 550. The van der Waals surface area contributed by atoms with Crippen molar-refractivity contribution in [2.75, 3.05) is 19.8 Å². The molecule has 1 fully saturated rings. The summed E-state index contributed by atoms with van der Waals surface area (Å²) < 4.78 is 12.2. The van der Waals surface area contributed by atoms with Crippen LogP contribution in [0.25, 0.3) is 0 Å². The molecular weight excluding hydrogens is 310 g/mol. The first-order chi connectivity index (χ1) is 11.4. The fourth-order valence-corrected chi connectivity index (χ4v) is 2.84. The van der Waals surface area contributed by atoms with Crippen LogP contribution in [-0.4, -0.2) is 47.5 Å². The Labute approximate surface area is 142 Å². The number of carbonyl (C=O) groups excluding carboxylic acids is 2. The second kappa shape index (κ2) is 8.82. The number of hydrogen-bond acceptors (Lipinski definition) is 5. The number of nitrogens with zero attached hydrogens (tertiary/aromatic N) is 2. The van der Waals surface area contributed by atoms with E-state index in [4.69, 9.17) is 9.47 Å². The number of aromatic nitrogens is 2. The molecule has 0 aliphatic carbocycles. The van der Waals surface area contributed by atoms with Crippen LogP contribution in [0.15, 0.2) is 12.3 Å². The molecule has 0 saturated carbocycles. The van der Waals surface area contributed by atoms with Crippen LogP contribution in [0.3, 0.4) is 0 Å². The van der Waals surface area contributed by atoms with E-state index in [0.29, 0.717) is 37.8 Å². The molecule has 0 radical (unpaired) electrons. The Hall–Kier alpha value is -1.89. The van der Waals surface area contributed by atoms with Crippen LogP contribution >= 0.6 is 0 Å². The summed E-state index contributed by atoms with van der Waals surface area (Å²) in [4.78, 5) is 24.2. The molecule has 1 aliphatic rings. The Kier molecular flexibility index (Phi) is 6.78. The first kappa shape index (κ1) is 18.4. The van der Waals surface area contributed by atoms with E-state index in [9.17, 15) is 9.59 Å². The summed E-state index contributed by atoms with van der Waals surface area (Å²) >= 11 is 0. The second-order valence-corrected chi connectivity index (χ2v) is 6.76. The standard InChI is InChI=1S/C17H27N3O4/c1-12(2)8-13(9-16(21)24-14-5-7-23-11-14)10-18-17(22)15-4-6-20(3)19-15/h4,6,12-14H,5,7-11H2,1-3H3,(H,18,22)/t13-,14?/m0/s1. The molecule has 1 unspecified atom stereocenters. The highest BCUT2D eigenvalue weighted by atomic mass is 16.6. The number of nitrogens with one attached hydrogen (secondary N) is 1. The van der Waals surface area contributed by atoms with Gasteiger partial charge in [0, 0.05) is 26.2 Å². The van der Waals surface area contributed by atoms with E-state index >= 15 is 0 Å². The maximum absolute atomic E-state index is 12.1. The Morgan fingerprint density at radius 1 is 1.50 bits per heavy atom. The van der Waals surface area contributed by atoms with E-state index in [1.165, 1.54) is 0 Å². The average molecular weight is 337 g/mol. The summed E-state index contributed by atoms with van der Waals surface area (Å²) in [7, 11) is 1.76. The largest absolute Gasteiger partial charge is 0.460 e. The molecule has 2 rings (SSSR count). The van der Waals surface area contributed by atoms with Crippen LogP contribution in [-0.2, 0) is 21.3 Å². The third-order valence-corrected chi connectivity index (χ3v) is 3.94. The van der Waals surface area contributed by atoms with Gasteiger partial charge in [-0.3, -0.25) is 14.3 Å². The quantitative estimate of drug-likeness (QED) is 0.728. The molecule has 24 heavy (non-hydrogen) atoms. The van der Waals surface area contributed by atoms with Crippen molar-refractivity contribution in [3.63, 3.8) is 0 Å². The van der Waals surface area contributed by atoms with Gasteiger partial charge in [-0.1, -0.05) is 13.8 Å². The van der Waals surface area contributed by atoms with Crippen molar-refractivity contribution in [1.29, 1.82) is 0 Å². The first-order valence-electron chi connectivity index (χ1n) is 8.49. The summed E-state index contributed by atoms with van der Waals surface area (Å²) in [6, 6.07) is 1.67. The van der Waals surface area contributed by atoms with Crippen molar-refractivity contribution in [2.24, 2.45) is 18.9 Å². The van der Waals surface area contributed by atoms with Crippen LogP contribution in [0.2, 0.25) is 0 Å². The first-order valence-corrected chi connectivity index (χ1v) is 8.49. The number of amides is 1. The van der Waals surface area contributed by atoms with E-state index in [1.54, 1.807) is 24.0 Å². The summed E-state index contributed by atoms with van der Waals surface area (Å²) in [6.07, 6.45) is 3.51. The van der Waals surface area contributed by atoms with Crippen molar-refractivity contribution in [1.82, 2.24) is 15.1 Å². The maximum Gasteiger partial charge on any atom is 0.306 e. The van der Waals surface area contributed by atoms with Crippen LogP contribution in [0.4, 0.5) is 0 Å².